The molecule has 314 valence electrons. The molecule has 0 radical (unpaired) electrons. The molecule has 3 saturated carbocycles. The van der Waals surface area contributed by atoms with E-state index in [1.165, 1.54) is 11.1 Å². The first-order valence-corrected chi connectivity index (χ1v) is 20.6. The van der Waals surface area contributed by atoms with Crippen LogP contribution >= 0.6 is 0 Å². The molecular formula is C42H68O13. The van der Waals surface area contributed by atoms with Crippen LogP contribution in [0.2, 0.25) is 0 Å². The summed E-state index contributed by atoms with van der Waals surface area (Å²) in [4.78, 5) is 0. The molecule has 2 aliphatic heterocycles. The molecule has 7 rings (SSSR count). The van der Waals surface area contributed by atoms with E-state index in [1.807, 2.05) is 6.92 Å². The summed E-state index contributed by atoms with van der Waals surface area (Å²) in [7, 11) is 0. The maximum absolute atomic E-state index is 12.0. The number of hydrogen-bond donors (Lipinski definition) is 9. The van der Waals surface area contributed by atoms with Gasteiger partial charge in [0.1, 0.15) is 42.7 Å². The van der Waals surface area contributed by atoms with Crippen LogP contribution in [0.3, 0.4) is 0 Å². The predicted molar refractivity (Wildman–Crippen MR) is 199 cm³/mol. The van der Waals surface area contributed by atoms with Gasteiger partial charge in [-0.25, -0.2) is 0 Å². The minimum Gasteiger partial charge on any atom is -0.396 e. The van der Waals surface area contributed by atoms with E-state index in [-0.39, 0.29) is 46.7 Å². The van der Waals surface area contributed by atoms with Crippen LogP contribution in [0.5, 0.6) is 0 Å². The van der Waals surface area contributed by atoms with E-state index in [1.54, 1.807) is 6.92 Å². The van der Waals surface area contributed by atoms with Crippen molar-refractivity contribution >= 4 is 0 Å². The summed E-state index contributed by atoms with van der Waals surface area (Å²) in [5, 5.41) is 97.6. The second kappa shape index (κ2) is 14.3. The highest BCUT2D eigenvalue weighted by Gasteiger charge is 2.69. The van der Waals surface area contributed by atoms with Crippen molar-refractivity contribution < 1.29 is 64.9 Å². The van der Waals surface area contributed by atoms with Crippen LogP contribution in [0.1, 0.15) is 99.8 Å². The maximum Gasteiger partial charge on any atom is 0.187 e. The molecule has 2 saturated heterocycles. The fourth-order valence-electron chi connectivity index (χ4n) is 13.0. The lowest BCUT2D eigenvalue weighted by Crippen LogP contribution is -2.67. The van der Waals surface area contributed by atoms with Gasteiger partial charge in [0.15, 0.2) is 12.6 Å². The number of fused-ring (bicyclic) bond motifs is 6. The zero-order valence-corrected chi connectivity index (χ0v) is 33.7. The lowest BCUT2D eigenvalue weighted by Gasteiger charge is -2.70. The van der Waals surface area contributed by atoms with Crippen LogP contribution in [0.4, 0.5) is 0 Å². The van der Waals surface area contributed by atoms with Crippen molar-refractivity contribution in [1.29, 1.82) is 0 Å². The SMILES string of the molecule is C[C@H]1O[C@@H](OC2CC[C@@]3(C)C(CC[C@]4(C)C3C=CC3=C5CC(C)(C)CC[C@]5(CO)[C@H](O)C[C@]34C)[C@]2(C)CO)[C@H](O)[C@@H](O[C@@H]2O[C@H](CO)[C@@H](O)[C@H](O)[C@H]2O)[C@H]1O. The van der Waals surface area contributed by atoms with E-state index < -0.39 is 91.1 Å². The molecule has 0 aromatic rings. The first-order chi connectivity index (χ1) is 25.7. The number of allylic oxidation sites excluding steroid dienone is 3. The molecule has 19 atom stereocenters. The highest BCUT2D eigenvalue weighted by Crippen LogP contribution is 2.74. The average Bonchev–Trinajstić information content (AvgIpc) is 3.13. The zero-order chi connectivity index (χ0) is 40.3. The molecule has 13 nitrogen and oxygen atoms in total. The Morgan fingerprint density at radius 2 is 1.44 bits per heavy atom. The molecule has 2 heterocycles. The van der Waals surface area contributed by atoms with Gasteiger partial charge in [0.2, 0.25) is 0 Å². The monoisotopic (exact) mass is 780 g/mol. The Balaban J connectivity index is 1.15. The molecule has 0 aromatic heterocycles. The van der Waals surface area contributed by atoms with Crippen molar-refractivity contribution in [3.63, 3.8) is 0 Å². The molecule has 0 bridgehead atoms. The van der Waals surface area contributed by atoms with E-state index in [0.29, 0.717) is 12.8 Å². The minimum atomic E-state index is -1.73. The van der Waals surface area contributed by atoms with E-state index in [9.17, 15) is 46.0 Å². The number of ether oxygens (including phenoxy) is 4. The standard InChI is InChI=1S/C42H68O13/c1-21-29(47)34(55-35-32(50)31(49)30(48)24(18-43)53-35)33(51)36(52-21)54-28-11-12-38(4)25(39(28,5)19-44)10-13-40(6)26(38)9-8-22-23-16-37(2,3)14-15-42(23,20-45)27(46)17-41(22,40)7/h8-9,21,24-36,43-51H,10-20H2,1-7H3/t21-,24-,25?,26?,27-,28?,29+,30-,31+,32-,33-,34+,35+,36+,38+,39+,40-,41-,42-/m1/s1. The highest BCUT2D eigenvalue weighted by molar-refractivity contribution is 5.47. The Morgan fingerprint density at radius 1 is 0.745 bits per heavy atom. The molecule has 13 heteroatoms. The maximum atomic E-state index is 12.0. The van der Waals surface area contributed by atoms with Gasteiger partial charge < -0.3 is 64.9 Å². The first-order valence-electron chi connectivity index (χ1n) is 20.6. The van der Waals surface area contributed by atoms with Crippen LogP contribution in [0.25, 0.3) is 0 Å². The smallest absolute Gasteiger partial charge is 0.187 e. The third kappa shape index (κ3) is 6.12. The summed E-state index contributed by atoms with van der Waals surface area (Å²) >= 11 is 0. The third-order valence-corrected chi connectivity index (χ3v) is 16.8. The second-order valence-electron chi connectivity index (χ2n) is 20.3. The van der Waals surface area contributed by atoms with Gasteiger partial charge in [-0.05, 0) is 91.9 Å². The number of rotatable bonds is 7. The number of aliphatic hydroxyl groups excluding tert-OH is 9. The summed E-state index contributed by atoms with van der Waals surface area (Å²) in [5.74, 6) is 0.154. The summed E-state index contributed by atoms with van der Waals surface area (Å²) in [6.07, 6.45) is -4.63. The predicted octanol–water partition coefficient (Wildman–Crippen LogP) is 1.68. The molecule has 0 amide bonds. The Morgan fingerprint density at radius 3 is 2.09 bits per heavy atom. The third-order valence-electron chi connectivity index (χ3n) is 16.8. The second-order valence-corrected chi connectivity index (χ2v) is 20.3. The van der Waals surface area contributed by atoms with Crippen molar-refractivity contribution in [2.75, 3.05) is 19.8 Å². The normalized spacial score (nSPS) is 54.9. The molecular weight excluding hydrogens is 712 g/mol. The van der Waals surface area contributed by atoms with Gasteiger partial charge in [0.25, 0.3) is 0 Å². The Hall–Kier alpha value is -1.04. The van der Waals surface area contributed by atoms with Crippen LogP contribution in [-0.4, -0.2) is 139 Å². The van der Waals surface area contributed by atoms with Gasteiger partial charge >= 0.3 is 0 Å². The quantitative estimate of drug-likeness (QED) is 0.168. The zero-order valence-electron chi connectivity index (χ0n) is 33.7. The van der Waals surface area contributed by atoms with Crippen LogP contribution in [0.15, 0.2) is 23.3 Å². The average molecular weight is 781 g/mol. The van der Waals surface area contributed by atoms with Crippen LogP contribution < -0.4 is 0 Å². The van der Waals surface area contributed by atoms with Gasteiger partial charge in [-0.1, -0.05) is 59.3 Å². The van der Waals surface area contributed by atoms with Gasteiger partial charge in [0, 0.05) is 16.2 Å². The van der Waals surface area contributed by atoms with E-state index >= 15 is 0 Å². The highest BCUT2D eigenvalue weighted by atomic mass is 16.7. The van der Waals surface area contributed by atoms with Crippen molar-refractivity contribution in [3.05, 3.63) is 23.3 Å². The van der Waals surface area contributed by atoms with Gasteiger partial charge in [-0.2, -0.15) is 0 Å². The summed E-state index contributed by atoms with van der Waals surface area (Å²) in [5.41, 5.74) is 0.476. The minimum absolute atomic E-state index is 0.0212. The van der Waals surface area contributed by atoms with Gasteiger partial charge in [0.05, 0.1) is 38.1 Å². The Bertz CT molecular complexity index is 1500. The molecule has 0 aromatic carbocycles. The van der Waals surface area contributed by atoms with E-state index in [4.69, 9.17) is 18.9 Å². The summed E-state index contributed by atoms with van der Waals surface area (Å²) < 4.78 is 24.0. The number of aliphatic hydroxyl groups is 9. The van der Waals surface area contributed by atoms with Crippen LogP contribution in [-0.2, 0) is 18.9 Å². The lowest BCUT2D eigenvalue weighted by atomic mass is 9.35. The van der Waals surface area contributed by atoms with E-state index in [2.05, 4.69) is 46.8 Å². The molecule has 5 aliphatic carbocycles. The molecule has 7 aliphatic rings. The van der Waals surface area contributed by atoms with E-state index in [0.717, 1.165) is 38.5 Å². The van der Waals surface area contributed by atoms with Crippen molar-refractivity contribution in [2.24, 2.45) is 44.3 Å². The lowest BCUT2D eigenvalue weighted by molar-refractivity contribution is -0.367. The Labute approximate surface area is 325 Å². The van der Waals surface area contributed by atoms with Gasteiger partial charge in [-0.3, -0.25) is 0 Å². The first kappa shape index (κ1) is 42.1. The molecule has 9 N–H and O–H groups in total. The number of hydrogen-bond acceptors (Lipinski definition) is 13. The van der Waals surface area contributed by atoms with Crippen LogP contribution in [0, 0.1) is 44.3 Å². The molecule has 55 heavy (non-hydrogen) atoms. The topological polar surface area (TPSA) is 219 Å². The van der Waals surface area contributed by atoms with Gasteiger partial charge in [-0.15, -0.1) is 0 Å². The molecule has 0 spiro atoms. The molecule has 5 fully saturated rings. The Kier molecular flexibility index (Phi) is 11.0. The largest absolute Gasteiger partial charge is 0.396 e. The fourth-order valence-corrected chi connectivity index (χ4v) is 13.0. The summed E-state index contributed by atoms with van der Waals surface area (Å²) in [6, 6.07) is 0. The summed E-state index contributed by atoms with van der Waals surface area (Å²) in [6.45, 7) is 14.4. The molecule has 3 unspecified atom stereocenters. The fraction of sp³-hybridized carbons (Fsp3) is 0.905. The van der Waals surface area contributed by atoms with Crippen molar-refractivity contribution in [3.8, 4) is 0 Å². The van der Waals surface area contributed by atoms with Crippen molar-refractivity contribution in [2.45, 2.75) is 173 Å². The van der Waals surface area contributed by atoms with Crippen molar-refractivity contribution in [1.82, 2.24) is 0 Å².